The van der Waals surface area contributed by atoms with Crippen molar-refractivity contribution >= 4 is 89.4 Å². The summed E-state index contributed by atoms with van der Waals surface area (Å²) in [5.74, 6) is -1.33. The number of benzene rings is 5. The number of nitrogens with zero attached hydrogens (tertiary/aromatic N) is 8. The quantitative estimate of drug-likeness (QED) is 0.0824. The second kappa shape index (κ2) is 20.0. The fraction of sp³-hybridized carbons (Fsp3) is 0.171. The van der Waals surface area contributed by atoms with Crippen LogP contribution in [0.4, 0.5) is 22.7 Å². The van der Waals surface area contributed by atoms with Crippen LogP contribution in [0.2, 0.25) is 10.0 Å². The van der Waals surface area contributed by atoms with E-state index in [9.17, 15) is 35.5 Å². The Morgan fingerprint density at radius 2 is 0.921 bits per heavy atom. The summed E-state index contributed by atoms with van der Waals surface area (Å²) in [6.45, 7) is 6.23. The van der Waals surface area contributed by atoms with Gasteiger partial charge in [-0.2, -0.15) is 40.7 Å². The molecule has 0 N–H and O–H groups in total. The van der Waals surface area contributed by atoms with Crippen molar-refractivity contribution in [3.63, 3.8) is 0 Å². The number of rotatable bonds is 11. The Morgan fingerprint density at radius 3 is 1.25 bits per heavy atom. The summed E-state index contributed by atoms with van der Waals surface area (Å²) in [5, 5.41) is 27.6. The van der Waals surface area contributed by atoms with Crippen molar-refractivity contribution in [3.8, 4) is 0 Å². The van der Waals surface area contributed by atoms with Gasteiger partial charge < -0.3 is 9.11 Å². The average Bonchev–Trinajstić information content (AvgIpc) is 3.64. The largest absolute Gasteiger partial charge is 1.00 e. The van der Waals surface area contributed by atoms with E-state index in [0.29, 0.717) is 22.8 Å². The molecule has 0 saturated heterocycles. The fourth-order valence-corrected chi connectivity index (χ4v) is 8.86. The molecule has 5 aromatic rings. The van der Waals surface area contributed by atoms with Gasteiger partial charge in [-0.15, -0.1) is 0 Å². The first kappa shape index (κ1) is 50.0. The molecule has 2 aliphatic heterocycles. The third kappa shape index (κ3) is 10.8. The van der Waals surface area contributed by atoms with Crippen LogP contribution in [0.3, 0.4) is 0 Å². The number of carbonyl (C=O) groups excluding carboxylic acids is 2. The van der Waals surface area contributed by atoms with Gasteiger partial charge in [0.15, 0.2) is 12.1 Å². The molecule has 0 aliphatic carbocycles. The molecule has 0 fully saturated rings. The minimum atomic E-state index is -4.77. The summed E-state index contributed by atoms with van der Waals surface area (Å²) in [7, 11) is -9.55. The zero-order valence-electron chi connectivity index (χ0n) is 34.5. The van der Waals surface area contributed by atoms with Crippen molar-refractivity contribution in [1.29, 1.82) is 0 Å². The first-order valence-electron chi connectivity index (χ1n) is 18.2. The summed E-state index contributed by atoms with van der Waals surface area (Å²) >= 11 is 12.6. The van der Waals surface area contributed by atoms with Crippen LogP contribution < -0.4 is 69.1 Å². The molecule has 0 aromatic heterocycles. The van der Waals surface area contributed by atoms with E-state index in [0.717, 1.165) is 51.0 Å². The number of hydrazone groups is 2. The molecule has 2 amide bonds. The van der Waals surface area contributed by atoms with E-state index in [1.54, 1.807) is 38.1 Å². The number of amides is 2. The number of azo groups is 2. The van der Waals surface area contributed by atoms with Gasteiger partial charge in [0.2, 0.25) is 0 Å². The van der Waals surface area contributed by atoms with Gasteiger partial charge in [0.25, 0.3) is 11.8 Å². The van der Waals surface area contributed by atoms with Crippen LogP contribution in [0.5, 0.6) is 0 Å². The maximum Gasteiger partial charge on any atom is 1.00 e. The Kier molecular flexibility index (Phi) is 15.9. The van der Waals surface area contributed by atoms with Gasteiger partial charge in [-0.3, -0.25) is 9.59 Å². The maximum atomic E-state index is 13.4. The smallest absolute Gasteiger partial charge is 0.744 e. The van der Waals surface area contributed by atoms with Gasteiger partial charge in [-0.1, -0.05) is 77.8 Å². The van der Waals surface area contributed by atoms with E-state index in [4.69, 9.17) is 23.2 Å². The second-order valence-corrected chi connectivity index (χ2v) is 17.7. The Bertz CT molecular complexity index is 2730. The molecule has 0 saturated carbocycles. The predicted octanol–water partition coefficient (Wildman–Crippen LogP) is 2.36. The van der Waals surface area contributed by atoms with E-state index in [2.05, 4.69) is 30.7 Å². The minimum absolute atomic E-state index is 0. The number of carbonyl (C=O) groups is 2. The number of hydrogen-bond acceptors (Lipinski definition) is 14. The molecule has 0 bridgehead atoms. The van der Waals surface area contributed by atoms with Crippen LogP contribution in [0.15, 0.2) is 144 Å². The Hall–Kier alpha value is -4.02. The topological polar surface area (TPSA) is 229 Å². The minimum Gasteiger partial charge on any atom is -0.744 e. The summed E-state index contributed by atoms with van der Waals surface area (Å²) in [5.41, 5.74) is 5.24. The van der Waals surface area contributed by atoms with E-state index in [-0.39, 0.29) is 97.6 Å². The van der Waals surface area contributed by atoms with Gasteiger partial charge in [0, 0.05) is 5.92 Å². The molecule has 312 valence electrons. The Morgan fingerprint density at radius 1 is 0.571 bits per heavy atom. The van der Waals surface area contributed by atoms with Gasteiger partial charge in [0.1, 0.15) is 20.2 Å². The third-order valence-electron chi connectivity index (χ3n) is 9.81. The van der Waals surface area contributed by atoms with Crippen molar-refractivity contribution in [2.45, 2.75) is 55.5 Å². The number of aryl methyl sites for hydroxylation is 2. The maximum absolute atomic E-state index is 13.4. The summed E-state index contributed by atoms with van der Waals surface area (Å²) in [6, 6.07) is 26.6. The molecule has 2 heterocycles. The fourth-order valence-electron chi connectivity index (χ4n) is 6.87. The summed E-state index contributed by atoms with van der Waals surface area (Å²) < 4.78 is 69.2. The molecule has 63 heavy (non-hydrogen) atoms. The molecule has 7 rings (SSSR count). The van der Waals surface area contributed by atoms with Crippen molar-refractivity contribution in [1.82, 2.24) is 0 Å². The SMILES string of the molecule is CC1=NN(c2c(C)cc(S(=O)(=O)[O-])cc2Cl)C(=O)C1N=Nc1ccc(C(c2ccccc2)c2ccc(N=NC3C(=O)N(c4c(C)cc(S(=O)(=O)[O-])cc4Cl)N=C3C)cc2)cc1.[Na+].[Na+]. The third-order valence-corrected chi connectivity index (χ3v) is 12.0. The zero-order chi connectivity index (χ0) is 44.0. The van der Waals surface area contributed by atoms with Gasteiger partial charge in [-0.25, -0.2) is 16.8 Å². The van der Waals surface area contributed by atoms with Crippen molar-refractivity contribution < 1.29 is 94.6 Å². The molecular weight excluding hydrogens is 914 g/mol. The van der Waals surface area contributed by atoms with Crippen molar-refractivity contribution in [3.05, 3.63) is 141 Å². The van der Waals surface area contributed by atoms with Crippen molar-refractivity contribution in [2.24, 2.45) is 30.7 Å². The van der Waals surface area contributed by atoms with E-state index < -0.39 is 53.9 Å². The van der Waals surface area contributed by atoms with Crippen molar-refractivity contribution in [2.75, 3.05) is 10.0 Å². The average molecular weight is 946 g/mol. The van der Waals surface area contributed by atoms with Crippen LogP contribution in [-0.2, 0) is 29.8 Å². The van der Waals surface area contributed by atoms with E-state index in [1.807, 2.05) is 54.6 Å². The predicted molar refractivity (Wildman–Crippen MR) is 226 cm³/mol. The van der Waals surface area contributed by atoms with Crippen LogP contribution in [0.1, 0.15) is 47.6 Å². The first-order chi connectivity index (χ1) is 28.8. The van der Waals surface area contributed by atoms with Crippen LogP contribution in [0, 0.1) is 13.8 Å². The van der Waals surface area contributed by atoms with E-state index >= 15 is 0 Å². The number of anilines is 2. The van der Waals surface area contributed by atoms with E-state index in [1.165, 1.54) is 13.8 Å². The Labute approximate surface area is 417 Å². The van der Waals surface area contributed by atoms with Crippen LogP contribution >= 0.6 is 23.2 Å². The summed E-state index contributed by atoms with van der Waals surface area (Å²) in [4.78, 5) is 25.8. The summed E-state index contributed by atoms with van der Waals surface area (Å²) in [6.07, 6.45) is 0. The molecule has 0 radical (unpaired) electrons. The number of halogens is 2. The second-order valence-electron chi connectivity index (χ2n) is 14.1. The molecule has 0 spiro atoms. The first-order valence-corrected chi connectivity index (χ1v) is 21.8. The number of hydrogen-bond donors (Lipinski definition) is 0. The zero-order valence-corrected chi connectivity index (χ0v) is 41.6. The normalized spacial score (nSPS) is 17.2. The molecule has 16 nitrogen and oxygen atoms in total. The Balaban J connectivity index is 0.00000374. The molecule has 2 aliphatic rings. The molecular formula is C41H32Cl2N8Na2O8S2. The van der Waals surface area contributed by atoms with Crippen LogP contribution in [0.25, 0.3) is 0 Å². The molecule has 2 unspecified atom stereocenters. The van der Waals surface area contributed by atoms with Gasteiger partial charge >= 0.3 is 59.1 Å². The monoisotopic (exact) mass is 944 g/mol. The van der Waals surface area contributed by atoms with Gasteiger partial charge in [-0.05, 0) is 104 Å². The molecule has 2 atom stereocenters. The molecule has 22 heteroatoms. The molecule has 5 aromatic carbocycles. The standard InChI is InChI=1S/C41H34Cl2N8O8S2.2Na/c1-22-18-31(60(54,55)56)20-33(42)38(22)50-40(52)36(24(3)48-50)46-44-29-14-10-27(11-15-29)35(26-8-6-5-7-9-26)28-12-16-30(17-13-28)45-47-37-25(4)49-51(41(37)53)39-23(2)19-32(21-34(39)43)61(57,58)59;;/h5-21,35-37H,1-4H3,(H,54,55,56)(H,57,58,59);;/q;2*+1/p-2. The van der Waals surface area contributed by atoms with Crippen LogP contribution in [-0.4, -0.2) is 61.3 Å². The van der Waals surface area contributed by atoms with Gasteiger partial charge in [0.05, 0.1) is 54.0 Å².